The van der Waals surface area contributed by atoms with Crippen molar-refractivity contribution in [2.45, 2.75) is 44.6 Å². The normalized spacial score (nSPS) is 26.2. The summed E-state index contributed by atoms with van der Waals surface area (Å²) in [5.74, 6) is 0.704. The molecule has 1 aromatic rings. The van der Waals surface area contributed by atoms with E-state index in [1.165, 1.54) is 0 Å². The maximum Gasteiger partial charge on any atom is 0.287 e. The van der Waals surface area contributed by atoms with Gasteiger partial charge in [-0.25, -0.2) is 0 Å². The summed E-state index contributed by atoms with van der Waals surface area (Å²) in [4.78, 5) is 12.6. The standard InChI is InChI=1S/C14H19BrN2O2S/c1-2-9-5-7-14(8-6-9,13(16)20)17-12(18)10-3-4-11(15)19-10/h3-4,9H,2,5-8H2,1H3,(H2,16,20)(H,17,18). The van der Waals surface area contributed by atoms with Gasteiger partial charge in [-0.2, -0.15) is 0 Å². The van der Waals surface area contributed by atoms with Gasteiger partial charge >= 0.3 is 0 Å². The van der Waals surface area contributed by atoms with Crippen LogP contribution in [0.25, 0.3) is 0 Å². The minimum Gasteiger partial charge on any atom is -0.444 e. The zero-order valence-electron chi connectivity index (χ0n) is 11.4. The van der Waals surface area contributed by atoms with E-state index in [4.69, 9.17) is 22.4 Å². The third kappa shape index (κ3) is 3.23. The Labute approximate surface area is 132 Å². The number of hydrogen-bond donors (Lipinski definition) is 2. The van der Waals surface area contributed by atoms with Crippen molar-refractivity contribution in [3.63, 3.8) is 0 Å². The fourth-order valence-corrected chi connectivity index (χ4v) is 3.29. The van der Waals surface area contributed by atoms with Crippen LogP contribution in [-0.4, -0.2) is 16.4 Å². The largest absolute Gasteiger partial charge is 0.444 e. The lowest BCUT2D eigenvalue weighted by molar-refractivity contribution is 0.0868. The average molecular weight is 359 g/mol. The molecule has 1 aliphatic rings. The van der Waals surface area contributed by atoms with Crippen LogP contribution >= 0.6 is 28.1 Å². The number of hydrogen-bond acceptors (Lipinski definition) is 3. The van der Waals surface area contributed by atoms with Crippen LogP contribution in [0.1, 0.15) is 49.6 Å². The summed E-state index contributed by atoms with van der Waals surface area (Å²) in [5, 5.41) is 2.99. The van der Waals surface area contributed by atoms with Crippen molar-refractivity contribution in [3.05, 3.63) is 22.6 Å². The molecule has 1 heterocycles. The Morgan fingerprint density at radius 3 is 2.65 bits per heavy atom. The quantitative estimate of drug-likeness (QED) is 0.809. The van der Waals surface area contributed by atoms with Crippen molar-refractivity contribution in [3.8, 4) is 0 Å². The number of nitrogens with two attached hydrogens (primary N) is 1. The third-order valence-electron chi connectivity index (χ3n) is 4.16. The summed E-state index contributed by atoms with van der Waals surface area (Å²) >= 11 is 8.39. The number of furan rings is 1. The van der Waals surface area contributed by atoms with Gasteiger partial charge in [0.2, 0.25) is 0 Å². The monoisotopic (exact) mass is 358 g/mol. The number of thiocarbonyl (C=S) groups is 1. The fourth-order valence-electron chi connectivity index (χ4n) is 2.73. The molecule has 20 heavy (non-hydrogen) atoms. The smallest absolute Gasteiger partial charge is 0.287 e. The summed E-state index contributed by atoms with van der Waals surface area (Å²) in [6, 6.07) is 3.32. The molecule has 4 nitrogen and oxygen atoms in total. The fraction of sp³-hybridized carbons (Fsp3) is 0.571. The van der Waals surface area contributed by atoms with E-state index in [9.17, 15) is 4.79 Å². The lowest BCUT2D eigenvalue weighted by atomic mass is 9.75. The maximum absolute atomic E-state index is 12.2. The van der Waals surface area contributed by atoms with Crippen molar-refractivity contribution in [2.24, 2.45) is 11.7 Å². The van der Waals surface area contributed by atoms with Gasteiger partial charge in [-0.3, -0.25) is 4.79 Å². The van der Waals surface area contributed by atoms with Gasteiger partial charge in [-0.1, -0.05) is 25.6 Å². The van der Waals surface area contributed by atoms with Crippen molar-refractivity contribution >= 4 is 39.0 Å². The van der Waals surface area contributed by atoms with Gasteiger partial charge in [0.15, 0.2) is 10.4 Å². The molecule has 1 amide bonds. The molecular weight excluding hydrogens is 340 g/mol. The van der Waals surface area contributed by atoms with E-state index >= 15 is 0 Å². The second kappa shape index (κ2) is 6.26. The van der Waals surface area contributed by atoms with Crippen LogP contribution in [0.4, 0.5) is 0 Å². The third-order valence-corrected chi connectivity index (χ3v) is 4.97. The Morgan fingerprint density at radius 1 is 1.55 bits per heavy atom. The van der Waals surface area contributed by atoms with Crippen LogP contribution in [-0.2, 0) is 0 Å². The van der Waals surface area contributed by atoms with Gasteiger partial charge in [-0.15, -0.1) is 0 Å². The summed E-state index contributed by atoms with van der Waals surface area (Å²) in [6.45, 7) is 2.19. The molecule has 0 radical (unpaired) electrons. The summed E-state index contributed by atoms with van der Waals surface area (Å²) in [5.41, 5.74) is 5.33. The molecule has 2 rings (SSSR count). The van der Waals surface area contributed by atoms with Crippen LogP contribution in [0.2, 0.25) is 0 Å². The van der Waals surface area contributed by atoms with E-state index in [2.05, 4.69) is 28.2 Å². The Morgan fingerprint density at radius 2 is 2.20 bits per heavy atom. The molecule has 3 N–H and O–H groups in total. The highest BCUT2D eigenvalue weighted by Crippen LogP contribution is 2.34. The van der Waals surface area contributed by atoms with Crippen LogP contribution in [0, 0.1) is 5.92 Å². The molecule has 0 unspecified atom stereocenters. The molecule has 1 aliphatic carbocycles. The van der Waals surface area contributed by atoms with Crippen LogP contribution in [0.15, 0.2) is 21.2 Å². The SMILES string of the molecule is CCC1CCC(NC(=O)c2ccc(Br)o2)(C(N)=S)CC1. The van der Waals surface area contributed by atoms with Gasteiger partial charge in [0.25, 0.3) is 5.91 Å². The number of amides is 1. The lowest BCUT2D eigenvalue weighted by Crippen LogP contribution is -2.58. The van der Waals surface area contributed by atoms with E-state index in [1.54, 1.807) is 12.1 Å². The molecule has 0 aliphatic heterocycles. The maximum atomic E-state index is 12.2. The van der Waals surface area contributed by atoms with Crippen molar-refractivity contribution < 1.29 is 9.21 Å². The van der Waals surface area contributed by atoms with E-state index < -0.39 is 5.54 Å². The molecule has 0 saturated heterocycles. The molecule has 1 aromatic heterocycles. The van der Waals surface area contributed by atoms with Crippen molar-refractivity contribution in [1.82, 2.24) is 5.32 Å². The van der Waals surface area contributed by atoms with E-state index in [0.717, 1.165) is 32.1 Å². The number of nitrogens with one attached hydrogen (secondary N) is 1. The first-order valence-electron chi connectivity index (χ1n) is 6.84. The second-order valence-corrected chi connectivity index (χ2v) is 6.58. The molecule has 0 spiro atoms. The first-order valence-corrected chi connectivity index (χ1v) is 8.05. The Balaban J connectivity index is 2.10. The molecule has 110 valence electrons. The van der Waals surface area contributed by atoms with Crippen LogP contribution < -0.4 is 11.1 Å². The molecule has 6 heteroatoms. The highest BCUT2D eigenvalue weighted by atomic mass is 79.9. The summed E-state index contributed by atoms with van der Waals surface area (Å²) in [6.07, 6.45) is 4.83. The van der Waals surface area contributed by atoms with Crippen LogP contribution in [0.3, 0.4) is 0 Å². The predicted molar refractivity (Wildman–Crippen MR) is 85.6 cm³/mol. The van der Waals surface area contributed by atoms with Crippen molar-refractivity contribution in [2.75, 3.05) is 0 Å². The Kier molecular flexibility index (Phi) is 4.86. The highest BCUT2D eigenvalue weighted by molar-refractivity contribution is 9.10. The van der Waals surface area contributed by atoms with Gasteiger partial charge in [-0.05, 0) is 59.7 Å². The Hall–Kier alpha value is -0.880. The van der Waals surface area contributed by atoms with Gasteiger partial charge < -0.3 is 15.5 Å². The van der Waals surface area contributed by atoms with Gasteiger partial charge in [0, 0.05) is 0 Å². The minimum atomic E-state index is -0.572. The molecule has 0 aromatic carbocycles. The molecule has 0 atom stereocenters. The van der Waals surface area contributed by atoms with E-state index in [1.807, 2.05) is 0 Å². The number of rotatable bonds is 4. The summed E-state index contributed by atoms with van der Waals surface area (Å²) < 4.78 is 5.80. The van der Waals surface area contributed by atoms with Gasteiger partial charge in [0.05, 0.1) is 10.5 Å². The van der Waals surface area contributed by atoms with E-state index in [-0.39, 0.29) is 11.7 Å². The number of carbonyl (C=O) groups is 1. The molecular formula is C14H19BrN2O2S. The van der Waals surface area contributed by atoms with Crippen LogP contribution in [0.5, 0.6) is 0 Å². The lowest BCUT2D eigenvalue weighted by Gasteiger charge is -2.39. The second-order valence-electron chi connectivity index (χ2n) is 5.36. The van der Waals surface area contributed by atoms with E-state index in [0.29, 0.717) is 15.6 Å². The Bertz CT molecular complexity index is 507. The van der Waals surface area contributed by atoms with Gasteiger partial charge in [0.1, 0.15) is 0 Å². The zero-order valence-corrected chi connectivity index (χ0v) is 13.9. The molecule has 1 saturated carbocycles. The zero-order chi connectivity index (χ0) is 14.8. The summed E-state index contributed by atoms with van der Waals surface area (Å²) in [7, 11) is 0. The number of halogens is 1. The number of carbonyl (C=O) groups excluding carboxylic acids is 1. The first-order chi connectivity index (χ1) is 9.47. The predicted octanol–water partition coefficient (Wildman–Crippen LogP) is 3.40. The first kappa shape index (κ1) is 15.5. The molecule has 1 fully saturated rings. The minimum absolute atomic E-state index is 0.265. The average Bonchev–Trinajstić information content (AvgIpc) is 2.86. The van der Waals surface area contributed by atoms with Crippen molar-refractivity contribution in [1.29, 1.82) is 0 Å². The topological polar surface area (TPSA) is 68.3 Å². The highest BCUT2D eigenvalue weighted by Gasteiger charge is 2.39. The molecule has 0 bridgehead atoms.